The molecule has 1 N–H and O–H groups in total. The predicted molar refractivity (Wildman–Crippen MR) is 109 cm³/mol. The highest BCUT2D eigenvalue weighted by atomic mass is 35.5. The van der Waals surface area contributed by atoms with Crippen LogP contribution in [0.3, 0.4) is 0 Å². The van der Waals surface area contributed by atoms with E-state index in [9.17, 15) is 4.79 Å². The molecule has 0 radical (unpaired) electrons. The van der Waals surface area contributed by atoms with Crippen molar-refractivity contribution in [1.82, 2.24) is 5.32 Å². The summed E-state index contributed by atoms with van der Waals surface area (Å²) in [4.78, 5) is 13.3. The average Bonchev–Trinajstić information content (AvgIpc) is 2.73. The molecule has 3 aromatic rings. The molecule has 0 aliphatic carbocycles. The average molecular weight is 380 g/mol. The number of halogens is 1. The number of hydrogen-bond acceptors (Lipinski definition) is 2. The van der Waals surface area contributed by atoms with Crippen molar-refractivity contribution in [2.75, 3.05) is 13.2 Å². The van der Waals surface area contributed by atoms with Crippen LogP contribution in [0.25, 0.3) is 10.8 Å². The Labute approximate surface area is 164 Å². The van der Waals surface area contributed by atoms with Crippen LogP contribution in [0.15, 0.2) is 66.7 Å². The van der Waals surface area contributed by atoms with E-state index >= 15 is 0 Å². The van der Waals surface area contributed by atoms with Gasteiger partial charge in [0, 0.05) is 24.8 Å². The molecule has 1 heterocycles. The minimum atomic E-state index is -0.562. The van der Waals surface area contributed by atoms with E-state index < -0.39 is 5.41 Å². The molecule has 4 rings (SSSR count). The van der Waals surface area contributed by atoms with Gasteiger partial charge in [0.2, 0.25) is 5.91 Å². The number of ether oxygens (including phenoxy) is 1. The molecule has 1 aliphatic heterocycles. The summed E-state index contributed by atoms with van der Waals surface area (Å²) in [6.45, 7) is 1.69. The van der Waals surface area contributed by atoms with Crippen LogP contribution in [-0.4, -0.2) is 19.1 Å². The third kappa shape index (κ3) is 3.58. The molecule has 0 spiro atoms. The SMILES string of the molecule is O=C(NCc1cccc2ccccc12)C1(c2ccc(Cl)cc2)CCOCC1. The van der Waals surface area contributed by atoms with Gasteiger partial charge in [0.05, 0.1) is 5.41 Å². The third-order valence-corrected chi connectivity index (χ3v) is 5.75. The van der Waals surface area contributed by atoms with Crippen molar-refractivity contribution in [1.29, 1.82) is 0 Å². The van der Waals surface area contributed by atoms with Gasteiger partial charge in [-0.25, -0.2) is 0 Å². The zero-order chi connectivity index (χ0) is 18.7. The molecule has 138 valence electrons. The van der Waals surface area contributed by atoms with E-state index in [1.54, 1.807) is 0 Å². The summed E-state index contributed by atoms with van der Waals surface area (Å²) in [6, 6.07) is 22.1. The first kappa shape index (κ1) is 18.0. The van der Waals surface area contributed by atoms with Crippen molar-refractivity contribution in [3.05, 3.63) is 82.9 Å². The van der Waals surface area contributed by atoms with Crippen LogP contribution >= 0.6 is 11.6 Å². The highest BCUT2D eigenvalue weighted by Crippen LogP contribution is 2.36. The molecule has 3 aromatic carbocycles. The van der Waals surface area contributed by atoms with Gasteiger partial charge in [-0.05, 0) is 46.9 Å². The van der Waals surface area contributed by atoms with E-state index in [4.69, 9.17) is 16.3 Å². The summed E-state index contributed by atoms with van der Waals surface area (Å²) < 4.78 is 5.53. The molecule has 0 aromatic heterocycles. The van der Waals surface area contributed by atoms with E-state index in [1.165, 1.54) is 10.8 Å². The monoisotopic (exact) mass is 379 g/mol. The molecule has 1 aliphatic rings. The molecule has 0 bridgehead atoms. The summed E-state index contributed by atoms with van der Waals surface area (Å²) >= 11 is 6.05. The Morgan fingerprint density at radius 2 is 1.67 bits per heavy atom. The summed E-state index contributed by atoms with van der Waals surface area (Å²) in [5.41, 5.74) is 1.57. The molecule has 27 heavy (non-hydrogen) atoms. The van der Waals surface area contributed by atoms with E-state index in [0.717, 1.165) is 11.1 Å². The van der Waals surface area contributed by atoms with Crippen molar-refractivity contribution < 1.29 is 9.53 Å². The van der Waals surface area contributed by atoms with Gasteiger partial charge >= 0.3 is 0 Å². The number of carbonyl (C=O) groups is 1. The third-order valence-electron chi connectivity index (χ3n) is 5.50. The number of nitrogens with one attached hydrogen (secondary N) is 1. The van der Waals surface area contributed by atoms with Gasteiger partial charge in [0.1, 0.15) is 0 Å². The highest BCUT2D eigenvalue weighted by molar-refractivity contribution is 6.30. The van der Waals surface area contributed by atoms with E-state index in [2.05, 4.69) is 29.6 Å². The van der Waals surface area contributed by atoms with Crippen molar-refractivity contribution in [2.45, 2.75) is 24.8 Å². The van der Waals surface area contributed by atoms with Crippen molar-refractivity contribution in [3.8, 4) is 0 Å². The van der Waals surface area contributed by atoms with Gasteiger partial charge in [-0.3, -0.25) is 4.79 Å². The van der Waals surface area contributed by atoms with Crippen LogP contribution in [0.5, 0.6) is 0 Å². The number of carbonyl (C=O) groups excluding carboxylic acids is 1. The lowest BCUT2D eigenvalue weighted by Crippen LogP contribution is -2.47. The summed E-state index contributed by atoms with van der Waals surface area (Å²) in [5.74, 6) is 0.0565. The lowest BCUT2D eigenvalue weighted by Gasteiger charge is -2.36. The van der Waals surface area contributed by atoms with Crippen LogP contribution < -0.4 is 5.32 Å². The lowest BCUT2D eigenvalue weighted by atomic mass is 9.73. The quantitative estimate of drug-likeness (QED) is 0.703. The maximum atomic E-state index is 13.3. The fourth-order valence-corrected chi connectivity index (χ4v) is 4.05. The number of fused-ring (bicyclic) bond motifs is 1. The Hall–Kier alpha value is -2.36. The molecule has 0 atom stereocenters. The number of amides is 1. The van der Waals surface area contributed by atoms with Gasteiger partial charge in [-0.1, -0.05) is 66.2 Å². The second-order valence-corrected chi connectivity index (χ2v) is 7.46. The fourth-order valence-electron chi connectivity index (χ4n) is 3.93. The Morgan fingerprint density at radius 1 is 0.963 bits per heavy atom. The summed E-state index contributed by atoms with van der Waals surface area (Å²) in [7, 11) is 0. The van der Waals surface area contributed by atoms with Gasteiger partial charge in [-0.15, -0.1) is 0 Å². The molecule has 1 amide bonds. The second kappa shape index (κ2) is 7.71. The molecule has 1 saturated heterocycles. The maximum Gasteiger partial charge on any atom is 0.231 e. The second-order valence-electron chi connectivity index (χ2n) is 7.02. The minimum Gasteiger partial charge on any atom is -0.381 e. The Bertz CT molecular complexity index is 941. The van der Waals surface area contributed by atoms with Crippen molar-refractivity contribution in [2.24, 2.45) is 0 Å². The molecule has 0 saturated carbocycles. The van der Waals surface area contributed by atoms with Crippen molar-refractivity contribution >= 4 is 28.3 Å². The van der Waals surface area contributed by atoms with Gasteiger partial charge in [0.15, 0.2) is 0 Å². The first-order valence-corrected chi connectivity index (χ1v) is 9.66. The zero-order valence-corrected chi connectivity index (χ0v) is 15.8. The normalized spacial score (nSPS) is 16.2. The molecule has 0 unspecified atom stereocenters. The predicted octanol–water partition coefficient (Wildman–Crippen LogP) is 4.86. The van der Waals surface area contributed by atoms with Gasteiger partial charge < -0.3 is 10.1 Å². The number of benzene rings is 3. The highest BCUT2D eigenvalue weighted by Gasteiger charge is 2.41. The van der Waals surface area contributed by atoms with Crippen molar-refractivity contribution in [3.63, 3.8) is 0 Å². The van der Waals surface area contributed by atoms with Crippen LogP contribution in [0, 0.1) is 0 Å². The maximum absolute atomic E-state index is 13.3. The smallest absolute Gasteiger partial charge is 0.231 e. The Balaban J connectivity index is 1.59. The summed E-state index contributed by atoms with van der Waals surface area (Å²) in [6.07, 6.45) is 1.35. The molecule has 1 fully saturated rings. The van der Waals surface area contributed by atoms with Gasteiger partial charge in [-0.2, -0.15) is 0 Å². The molecule has 4 heteroatoms. The molecular formula is C23H22ClNO2. The topological polar surface area (TPSA) is 38.3 Å². The number of rotatable bonds is 4. The van der Waals surface area contributed by atoms with Crippen LogP contribution in [0.1, 0.15) is 24.0 Å². The zero-order valence-electron chi connectivity index (χ0n) is 15.1. The summed E-state index contributed by atoms with van der Waals surface area (Å²) in [5, 5.41) is 6.22. The number of hydrogen-bond donors (Lipinski definition) is 1. The van der Waals surface area contributed by atoms with E-state index in [1.807, 2.05) is 42.5 Å². The van der Waals surface area contributed by atoms with E-state index in [0.29, 0.717) is 37.6 Å². The first-order chi connectivity index (χ1) is 13.2. The molecule has 3 nitrogen and oxygen atoms in total. The largest absolute Gasteiger partial charge is 0.381 e. The van der Waals surface area contributed by atoms with Gasteiger partial charge in [0.25, 0.3) is 0 Å². The lowest BCUT2D eigenvalue weighted by molar-refractivity contribution is -0.130. The van der Waals surface area contributed by atoms with Crippen LogP contribution in [-0.2, 0) is 21.5 Å². The van der Waals surface area contributed by atoms with E-state index in [-0.39, 0.29) is 5.91 Å². The Kier molecular flexibility index (Phi) is 5.15. The van der Waals surface area contributed by atoms with Crippen LogP contribution in [0.2, 0.25) is 5.02 Å². The molecular weight excluding hydrogens is 358 g/mol. The minimum absolute atomic E-state index is 0.0565. The fraction of sp³-hybridized carbons (Fsp3) is 0.261. The Morgan fingerprint density at radius 3 is 2.44 bits per heavy atom. The van der Waals surface area contributed by atoms with Crippen LogP contribution in [0.4, 0.5) is 0 Å². The first-order valence-electron chi connectivity index (χ1n) is 9.28. The standard InChI is InChI=1S/C23H22ClNO2/c24-20-10-8-19(9-11-20)23(12-14-27-15-13-23)22(26)25-16-18-6-3-5-17-4-1-2-7-21(17)18/h1-11H,12-16H2,(H,25,26).